The van der Waals surface area contributed by atoms with Gasteiger partial charge in [-0.2, -0.15) is 0 Å². The molecular formula is C29H28N6O4S2. The van der Waals surface area contributed by atoms with Crippen molar-refractivity contribution in [1.29, 1.82) is 0 Å². The summed E-state index contributed by atoms with van der Waals surface area (Å²) >= 11 is 6.69. The predicted octanol–water partition coefficient (Wildman–Crippen LogP) is 3.51. The number of carbonyl (C=O) groups excluding carboxylic acids is 1. The van der Waals surface area contributed by atoms with E-state index in [1.54, 1.807) is 43.1 Å². The van der Waals surface area contributed by atoms with Crippen molar-refractivity contribution < 1.29 is 9.53 Å². The van der Waals surface area contributed by atoms with Gasteiger partial charge in [-0.1, -0.05) is 48.2 Å². The van der Waals surface area contributed by atoms with E-state index < -0.39 is 5.91 Å². The van der Waals surface area contributed by atoms with Crippen molar-refractivity contribution >= 4 is 57.4 Å². The van der Waals surface area contributed by atoms with Crippen LogP contribution in [0.4, 0.5) is 11.5 Å². The smallest absolute Gasteiger partial charge is 0.296 e. The van der Waals surface area contributed by atoms with Gasteiger partial charge in [0.05, 0.1) is 34.1 Å². The highest BCUT2D eigenvalue weighted by atomic mass is 32.2. The number of rotatable bonds is 4. The number of thioether (sulfide) groups is 1. The molecule has 2 saturated heterocycles. The van der Waals surface area contributed by atoms with E-state index in [2.05, 4.69) is 0 Å². The molecular weight excluding hydrogens is 560 g/mol. The van der Waals surface area contributed by atoms with Crippen molar-refractivity contribution in [1.82, 2.24) is 18.7 Å². The number of ether oxygens (including phenoxy) is 1. The van der Waals surface area contributed by atoms with Crippen LogP contribution in [0.5, 0.6) is 0 Å². The van der Waals surface area contributed by atoms with Gasteiger partial charge in [-0.3, -0.25) is 28.4 Å². The molecule has 2 unspecified atom stereocenters. The number of fused-ring (bicyclic) bond motifs is 1. The Hall–Kier alpha value is -4.00. The van der Waals surface area contributed by atoms with Gasteiger partial charge in [0.25, 0.3) is 17.0 Å². The molecule has 0 N–H and O–H groups in total. The Morgan fingerprint density at radius 1 is 1.00 bits per heavy atom. The molecule has 1 aromatic carbocycles. The van der Waals surface area contributed by atoms with Gasteiger partial charge in [-0.05, 0) is 51.1 Å². The number of hydrogen-bond acceptors (Lipinski definition) is 8. The number of para-hydroxylation sites is 1. The summed E-state index contributed by atoms with van der Waals surface area (Å²) in [6, 6.07) is 14.6. The van der Waals surface area contributed by atoms with Crippen LogP contribution in [0, 0.1) is 6.92 Å². The van der Waals surface area contributed by atoms with Gasteiger partial charge in [0.1, 0.15) is 17.2 Å². The third-order valence-corrected chi connectivity index (χ3v) is 8.59. The van der Waals surface area contributed by atoms with Crippen molar-refractivity contribution in [2.75, 3.05) is 22.9 Å². The summed E-state index contributed by atoms with van der Waals surface area (Å²) < 4.78 is 10.8. The van der Waals surface area contributed by atoms with Crippen molar-refractivity contribution in [3.8, 4) is 5.69 Å². The molecule has 0 spiro atoms. The molecule has 210 valence electrons. The Morgan fingerprint density at radius 2 is 1.68 bits per heavy atom. The maximum atomic E-state index is 13.9. The van der Waals surface area contributed by atoms with Crippen molar-refractivity contribution in [3.05, 3.63) is 91.6 Å². The second kappa shape index (κ2) is 10.4. The molecule has 10 nitrogen and oxygen atoms in total. The Bertz CT molecular complexity index is 1850. The van der Waals surface area contributed by atoms with E-state index in [4.69, 9.17) is 21.9 Å². The number of benzene rings is 1. The lowest BCUT2D eigenvalue weighted by atomic mass is 10.2. The molecule has 12 heteroatoms. The molecule has 0 radical (unpaired) electrons. The van der Waals surface area contributed by atoms with Gasteiger partial charge >= 0.3 is 0 Å². The maximum absolute atomic E-state index is 13.9. The standard InChI is InChI=1S/C29H28N6O4S2/c1-17-15-32(16-18(2)39-17)25-21(26(36)33-13-9-8-12-23(33)30-25)14-22-27(37)34(29(40)41-22)24-19(3)31(4)35(28(24)38)20-10-6-5-7-11-20/h5-14,17-18H,15-16H2,1-4H3. The summed E-state index contributed by atoms with van der Waals surface area (Å²) in [4.78, 5) is 49.7. The van der Waals surface area contributed by atoms with Gasteiger partial charge in [0.15, 0.2) is 4.32 Å². The fourth-order valence-corrected chi connectivity index (χ4v) is 6.67. The molecule has 0 bridgehead atoms. The van der Waals surface area contributed by atoms with E-state index in [9.17, 15) is 14.4 Å². The minimum atomic E-state index is -0.460. The number of thiocarbonyl (C=S) groups is 1. The van der Waals surface area contributed by atoms with Gasteiger partial charge < -0.3 is 9.64 Å². The van der Waals surface area contributed by atoms with E-state index in [-0.39, 0.29) is 43.8 Å². The fraction of sp³-hybridized carbons (Fsp3) is 0.276. The zero-order valence-electron chi connectivity index (χ0n) is 23.0. The van der Waals surface area contributed by atoms with Crippen LogP contribution in [-0.2, 0) is 16.6 Å². The Kier molecular flexibility index (Phi) is 6.92. The summed E-state index contributed by atoms with van der Waals surface area (Å²) in [5.74, 6) is 0.0222. The number of pyridine rings is 1. The van der Waals surface area contributed by atoms with Crippen molar-refractivity contribution in [3.63, 3.8) is 0 Å². The second-order valence-corrected chi connectivity index (χ2v) is 11.8. The normalized spacial score (nSPS) is 20.5. The van der Waals surface area contributed by atoms with E-state index in [0.29, 0.717) is 35.9 Å². The first-order valence-electron chi connectivity index (χ1n) is 13.2. The zero-order valence-corrected chi connectivity index (χ0v) is 24.6. The zero-order chi connectivity index (χ0) is 29.0. The van der Waals surface area contributed by atoms with Crippen LogP contribution >= 0.6 is 24.0 Å². The molecule has 3 aromatic heterocycles. The average Bonchev–Trinajstić information content (AvgIpc) is 3.34. The van der Waals surface area contributed by atoms with E-state index in [1.807, 2.05) is 55.1 Å². The van der Waals surface area contributed by atoms with Gasteiger partial charge in [0, 0.05) is 26.3 Å². The molecule has 2 aliphatic heterocycles. The lowest BCUT2D eigenvalue weighted by Crippen LogP contribution is -2.46. The highest BCUT2D eigenvalue weighted by Gasteiger charge is 2.38. The topological polar surface area (TPSA) is 94.1 Å². The summed E-state index contributed by atoms with van der Waals surface area (Å²) in [5, 5.41) is 0. The molecule has 6 rings (SSSR count). The number of morpholine rings is 1. The largest absolute Gasteiger partial charge is 0.372 e. The minimum Gasteiger partial charge on any atom is -0.372 e. The van der Waals surface area contributed by atoms with E-state index >= 15 is 0 Å². The quantitative estimate of drug-likeness (QED) is 0.264. The molecule has 41 heavy (non-hydrogen) atoms. The lowest BCUT2D eigenvalue weighted by molar-refractivity contribution is -0.113. The molecule has 4 aromatic rings. The van der Waals surface area contributed by atoms with E-state index in [1.165, 1.54) is 14.0 Å². The van der Waals surface area contributed by atoms with Crippen LogP contribution in [-0.4, -0.2) is 54.3 Å². The van der Waals surface area contributed by atoms with Gasteiger partial charge in [-0.25, -0.2) is 9.67 Å². The Morgan fingerprint density at radius 3 is 2.39 bits per heavy atom. The number of hydrogen-bond donors (Lipinski definition) is 0. The van der Waals surface area contributed by atoms with Gasteiger partial charge in [0.2, 0.25) is 0 Å². The molecule has 5 heterocycles. The average molecular weight is 589 g/mol. The predicted molar refractivity (Wildman–Crippen MR) is 165 cm³/mol. The second-order valence-electron chi connectivity index (χ2n) is 10.2. The number of nitrogens with zero attached hydrogens (tertiary/aromatic N) is 6. The van der Waals surface area contributed by atoms with Crippen LogP contribution < -0.4 is 20.9 Å². The van der Waals surface area contributed by atoms with Crippen LogP contribution in [0.2, 0.25) is 0 Å². The van der Waals surface area contributed by atoms with Crippen molar-refractivity contribution in [2.45, 2.75) is 33.0 Å². The first-order valence-corrected chi connectivity index (χ1v) is 14.4. The summed E-state index contributed by atoms with van der Waals surface area (Å²) in [5.41, 5.74) is 1.56. The van der Waals surface area contributed by atoms with Crippen LogP contribution in [0.3, 0.4) is 0 Å². The lowest BCUT2D eigenvalue weighted by Gasteiger charge is -2.36. The highest BCUT2D eigenvalue weighted by Crippen LogP contribution is 2.37. The summed E-state index contributed by atoms with van der Waals surface area (Å²) in [6.45, 7) is 6.82. The first kappa shape index (κ1) is 27.2. The summed E-state index contributed by atoms with van der Waals surface area (Å²) in [7, 11) is 1.76. The van der Waals surface area contributed by atoms with Crippen LogP contribution in [0.1, 0.15) is 25.1 Å². The summed E-state index contributed by atoms with van der Waals surface area (Å²) in [6.07, 6.45) is 3.09. The molecule has 0 saturated carbocycles. The van der Waals surface area contributed by atoms with Crippen LogP contribution in [0.15, 0.2) is 69.2 Å². The molecule has 2 aliphatic rings. The van der Waals surface area contributed by atoms with E-state index in [0.717, 1.165) is 11.8 Å². The SMILES string of the molecule is Cc1c(N2C(=O)C(=Cc3c(N4CC(C)OC(C)C4)nc4ccccn4c3=O)SC2=S)c(=O)n(-c2ccccc2)n1C. The molecule has 0 aliphatic carbocycles. The fourth-order valence-electron chi connectivity index (χ4n) is 5.41. The number of amides is 1. The monoisotopic (exact) mass is 588 g/mol. The Labute approximate surface area is 245 Å². The third-order valence-electron chi connectivity index (χ3n) is 7.28. The molecule has 2 atom stereocenters. The number of carbonyl (C=O) groups is 1. The molecule has 2 fully saturated rings. The minimum absolute atomic E-state index is 0.0614. The maximum Gasteiger partial charge on any atom is 0.296 e. The number of aromatic nitrogens is 4. The first-order chi connectivity index (χ1) is 19.7. The Balaban J connectivity index is 1.47. The van der Waals surface area contributed by atoms with Gasteiger partial charge in [-0.15, -0.1) is 0 Å². The van der Waals surface area contributed by atoms with Crippen molar-refractivity contribution in [2.24, 2.45) is 7.05 Å². The number of anilines is 2. The third kappa shape index (κ3) is 4.61. The molecule has 1 amide bonds. The highest BCUT2D eigenvalue weighted by molar-refractivity contribution is 8.27. The van der Waals surface area contributed by atoms with Crippen LogP contribution in [0.25, 0.3) is 17.4 Å².